The summed E-state index contributed by atoms with van der Waals surface area (Å²) in [6.07, 6.45) is 3.66. The van der Waals surface area contributed by atoms with E-state index in [1.54, 1.807) is 39.6 Å². The van der Waals surface area contributed by atoms with Crippen LogP contribution < -0.4 is 15.2 Å². The first-order chi connectivity index (χ1) is 17.7. The number of imidazole rings is 1. The van der Waals surface area contributed by atoms with Crippen molar-refractivity contribution in [2.45, 2.75) is 38.8 Å². The molecule has 1 aliphatic heterocycles. The molecule has 0 radical (unpaired) electrons. The van der Waals surface area contributed by atoms with Crippen LogP contribution >= 0.6 is 0 Å². The molecule has 1 saturated heterocycles. The molecular weight excluding hydrogens is 472 g/mol. The number of aromatic nitrogens is 3. The molecule has 2 aromatic heterocycles. The molecule has 1 aliphatic rings. The molecule has 1 fully saturated rings. The number of hydrogen-bond acceptors (Lipinski definition) is 6. The van der Waals surface area contributed by atoms with Gasteiger partial charge < -0.3 is 19.1 Å². The van der Waals surface area contributed by atoms with Crippen LogP contribution in [0.5, 0.6) is 17.2 Å². The van der Waals surface area contributed by atoms with Gasteiger partial charge >= 0.3 is 11.8 Å². The van der Waals surface area contributed by atoms with E-state index in [0.29, 0.717) is 48.0 Å². The smallest absolute Gasteiger partial charge is 0.410 e. The maximum Gasteiger partial charge on any atom is 0.410 e. The zero-order valence-electron chi connectivity index (χ0n) is 21.4. The van der Waals surface area contributed by atoms with E-state index in [1.807, 2.05) is 69.3 Å². The molecule has 0 aliphatic carbocycles. The summed E-state index contributed by atoms with van der Waals surface area (Å²) in [7, 11) is 1.61. The minimum atomic E-state index is -0.573. The lowest BCUT2D eigenvalue weighted by Crippen LogP contribution is -2.36. The van der Waals surface area contributed by atoms with E-state index in [-0.39, 0.29) is 17.8 Å². The highest BCUT2D eigenvalue weighted by Gasteiger charge is 2.33. The van der Waals surface area contributed by atoms with Crippen molar-refractivity contribution in [2.75, 3.05) is 20.2 Å². The summed E-state index contributed by atoms with van der Waals surface area (Å²) in [5, 5.41) is 0. The maximum absolute atomic E-state index is 13.7. The number of ether oxygens (including phenoxy) is 3. The number of hydrogen-bond donors (Lipinski definition) is 0. The molecule has 1 unspecified atom stereocenters. The van der Waals surface area contributed by atoms with Gasteiger partial charge in [0.05, 0.1) is 36.1 Å². The maximum atomic E-state index is 13.7. The zero-order chi connectivity index (χ0) is 26.2. The van der Waals surface area contributed by atoms with Gasteiger partial charge in [0.2, 0.25) is 0 Å². The summed E-state index contributed by atoms with van der Waals surface area (Å²) in [6, 6.07) is 16.4. The quantitative estimate of drug-likeness (QED) is 0.374. The average molecular weight is 503 g/mol. The molecule has 9 nitrogen and oxygen atoms in total. The normalized spacial score (nSPS) is 15.7. The van der Waals surface area contributed by atoms with E-state index in [0.717, 1.165) is 5.52 Å². The van der Waals surface area contributed by atoms with Gasteiger partial charge in [0, 0.05) is 25.4 Å². The number of likely N-dealkylation sites (tertiary alicyclic amines) is 1. The lowest BCUT2D eigenvalue weighted by atomic mass is 10.2. The average Bonchev–Trinajstić information content (AvgIpc) is 3.46. The topological polar surface area (TPSA) is 87.8 Å². The summed E-state index contributed by atoms with van der Waals surface area (Å²) in [5.41, 5.74) is 1.41. The van der Waals surface area contributed by atoms with Crippen molar-refractivity contribution in [2.24, 2.45) is 0 Å². The third kappa shape index (κ3) is 5.02. The minimum Gasteiger partial charge on any atom is -0.497 e. The highest BCUT2D eigenvalue weighted by atomic mass is 16.6. The van der Waals surface area contributed by atoms with E-state index >= 15 is 0 Å². The molecule has 0 N–H and O–H groups in total. The van der Waals surface area contributed by atoms with E-state index in [4.69, 9.17) is 14.2 Å². The van der Waals surface area contributed by atoms with Crippen molar-refractivity contribution in [1.29, 1.82) is 0 Å². The summed E-state index contributed by atoms with van der Waals surface area (Å²) in [4.78, 5) is 32.3. The molecule has 0 spiro atoms. The first kappa shape index (κ1) is 24.4. The van der Waals surface area contributed by atoms with Gasteiger partial charge in [-0.15, -0.1) is 0 Å². The summed E-state index contributed by atoms with van der Waals surface area (Å²) < 4.78 is 20.1. The third-order valence-electron chi connectivity index (χ3n) is 6.23. The van der Waals surface area contributed by atoms with E-state index in [2.05, 4.69) is 4.98 Å². The fraction of sp³-hybridized carbons (Fsp3) is 0.321. The van der Waals surface area contributed by atoms with Gasteiger partial charge in [-0.3, -0.25) is 14.1 Å². The molecule has 37 heavy (non-hydrogen) atoms. The molecule has 0 bridgehead atoms. The molecule has 2 aromatic carbocycles. The van der Waals surface area contributed by atoms with Crippen molar-refractivity contribution < 1.29 is 19.0 Å². The van der Waals surface area contributed by atoms with Gasteiger partial charge in [0.15, 0.2) is 0 Å². The Kier molecular flexibility index (Phi) is 6.37. The number of benzene rings is 2. The first-order valence-electron chi connectivity index (χ1n) is 12.2. The van der Waals surface area contributed by atoms with E-state index < -0.39 is 5.60 Å². The minimum absolute atomic E-state index is 0.165. The standard InChI is InChI=1S/C28H30N4O5/c1-28(2,3)37-27(34)30-15-13-20(18-30)32-24-12-14-29-17-25(24)31(26(32)33)19-8-10-21(11-9-19)36-23-7-5-6-22(16-23)35-4/h5-12,14,16-17,20H,13,15,18H2,1-4H3. The molecule has 192 valence electrons. The Morgan fingerprint density at radius 2 is 1.76 bits per heavy atom. The van der Waals surface area contributed by atoms with Crippen molar-refractivity contribution >= 4 is 17.1 Å². The van der Waals surface area contributed by atoms with Crippen molar-refractivity contribution in [3.8, 4) is 22.9 Å². The Morgan fingerprint density at radius 3 is 2.49 bits per heavy atom. The molecular formula is C28H30N4O5. The number of carbonyl (C=O) groups is 1. The molecule has 0 saturated carbocycles. The number of amides is 1. The summed E-state index contributed by atoms with van der Waals surface area (Å²) >= 11 is 0. The fourth-order valence-electron chi connectivity index (χ4n) is 4.58. The second-order valence-corrected chi connectivity index (χ2v) is 10.00. The Balaban J connectivity index is 1.43. The van der Waals surface area contributed by atoms with Gasteiger partial charge in [-0.2, -0.15) is 0 Å². The van der Waals surface area contributed by atoms with Crippen molar-refractivity contribution in [3.05, 3.63) is 77.5 Å². The van der Waals surface area contributed by atoms with Crippen LogP contribution in [0.2, 0.25) is 0 Å². The van der Waals surface area contributed by atoms with Crippen molar-refractivity contribution in [3.63, 3.8) is 0 Å². The number of rotatable bonds is 5. The van der Waals surface area contributed by atoms with Gasteiger partial charge in [-0.1, -0.05) is 6.07 Å². The van der Waals surface area contributed by atoms with Gasteiger partial charge in [-0.25, -0.2) is 9.59 Å². The van der Waals surface area contributed by atoms with Gasteiger partial charge in [-0.05, 0) is 69.7 Å². The Labute approximate surface area is 214 Å². The molecule has 3 heterocycles. The Hall–Kier alpha value is -4.27. The highest BCUT2D eigenvalue weighted by Crippen LogP contribution is 2.29. The number of fused-ring (bicyclic) bond motifs is 1. The van der Waals surface area contributed by atoms with Crippen LogP contribution in [-0.4, -0.2) is 50.9 Å². The van der Waals surface area contributed by atoms with Crippen LogP contribution in [0.3, 0.4) is 0 Å². The van der Waals surface area contributed by atoms with Crippen LogP contribution in [0.4, 0.5) is 4.79 Å². The molecule has 1 amide bonds. The predicted molar refractivity (Wildman–Crippen MR) is 140 cm³/mol. The monoisotopic (exact) mass is 502 g/mol. The molecule has 9 heteroatoms. The number of carbonyl (C=O) groups excluding carboxylic acids is 1. The first-order valence-corrected chi connectivity index (χ1v) is 12.2. The van der Waals surface area contributed by atoms with E-state index in [9.17, 15) is 9.59 Å². The lowest BCUT2D eigenvalue weighted by molar-refractivity contribution is 0.0289. The second kappa shape index (κ2) is 9.65. The second-order valence-electron chi connectivity index (χ2n) is 10.00. The SMILES string of the molecule is COc1cccc(Oc2ccc(-n3c(=O)n(C4CCN(C(=O)OC(C)(C)C)C4)c4ccncc43)cc2)c1. The zero-order valence-corrected chi connectivity index (χ0v) is 21.4. The molecule has 4 aromatic rings. The largest absolute Gasteiger partial charge is 0.497 e. The number of nitrogens with zero attached hydrogens (tertiary/aromatic N) is 4. The predicted octanol–water partition coefficient (Wildman–Crippen LogP) is 5.17. The molecule has 5 rings (SSSR count). The van der Waals surface area contributed by atoms with Crippen molar-refractivity contribution in [1.82, 2.24) is 19.0 Å². The summed E-state index contributed by atoms with van der Waals surface area (Å²) in [5.74, 6) is 2.00. The number of methoxy groups -OCH3 is 1. The lowest BCUT2D eigenvalue weighted by Gasteiger charge is -2.24. The molecule has 1 atom stereocenters. The Morgan fingerprint density at radius 1 is 1.00 bits per heavy atom. The van der Waals surface area contributed by atoms with Crippen LogP contribution in [0.15, 0.2) is 71.8 Å². The van der Waals surface area contributed by atoms with Gasteiger partial charge in [0.1, 0.15) is 22.8 Å². The van der Waals surface area contributed by atoms with Crippen LogP contribution in [0.25, 0.3) is 16.7 Å². The number of pyridine rings is 1. The van der Waals surface area contributed by atoms with Crippen LogP contribution in [0.1, 0.15) is 33.2 Å². The summed E-state index contributed by atoms with van der Waals surface area (Å²) in [6.45, 7) is 6.47. The Bertz CT molecular complexity index is 1480. The van der Waals surface area contributed by atoms with Crippen LogP contribution in [0, 0.1) is 0 Å². The van der Waals surface area contributed by atoms with Crippen LogP contribution in [-0.2, 0) is 4.74 Å². The van der Waals surface area contributed by atoms with E-state index in [1.165, 1.54) is 0 Å². The third-order valence-corrected chi connectivity index (χ3v) is 6.23. The fourth-order valence-corrected chi connectivity index (χ4v) is 4.58. The van der Waals surface area contributed by atoms with Gasteiger partial charge in [0.25, 0.3) is 0 Å². The highest BCUT2D eigenvalue weighted by molar-refractivity contribution is 5.77.